The van der Waals surface area contributed by atoms with Crippen LogP contribution in [-0.4, -0.2) is 48.9 Å². The summed E-state index contributed by atoms with van der Waals surface area (Å²) in [4.78, 5) is 18.4. The molecule has 6 nitrogen and oxygen atoms in total. The third-order valence-electron chi connectivity index (χ3n) is 4.57. The third-order valence-corrected chi connectivity index (χ3v) is 8.52. The highest BCUT2D eigenvalue weighted by atomic mass is 35.5. The summed E-state index contributed by atoms with van der Waals surface area (Å²) in [6, 6.07) is 13.7. The fourth-order valence-corrected chi connectivity index (χ4v) is 7.53. The Morgan fingerprint density at radius 2 is 1.90 bits per heavy atom. The molecule has 0 radical (unpaired) electrons. The van der Waals surface area contributed by atoms with Crippen LogP contribution in [-0.2, 0) is 14.6 Å². The topological polar surface area (TPSA) is 76.0 Å². The number of carbonyl (C=O) groups excluding carboxylic acids is 1. The molecule has 0 unspecified atom stereocenters. The number of thioether (sulfide) groups is 1. The van der Waals surface area contributed by atoms with E-state index in [1.54, 1.807) is 35.2 Å². The van der Waals surface area contributed by atoms with Gasteiger partial charge in [0, 0.05) is 10.9 Å². The van der Waals surface area contributed by atoms with Gasteiger partial charge in [-0.05, 0) is 30.3 Å². The lowest BCUT2D eigenvalue weighted by molar-refractivity contribution is -0.119. The SMILES string of the molecule is O=C(COc1ccccc1)N=C1S[C@@H]2CS(=O)(=O)C[C@H]2N1c1ccc(Cl)c(Cl)c1. The van der Waals surface area contributed by atoms with Gasteiger partial charge in [-0.1, -0.05) is 53.2 Å². The Balaban J connectivity index is 1.59. The molecule has 0 bridgehead atoms. The van der Waals surface area contributed by atoms with Gasteiger partial charge < -0.3 is 9.64 Å². The maximum Gasteiger partial charge on any atom is 0.285 e. The Bertz CT molecular complexity index is 1080. The Morgan fingerprint density at radius 3 is 2.62 bits per heavy atom. The van der Waals surface area contributed by atoms with Crippen LogP contribution >= 0.6 is 35.0 Å². The molecular weight excluding hydrogens is 455 g/mol. The molecule has 0 aromatic heterocycles. The molecule has 2 aliphatic rings. The molecule has 2 aromatic rings. The van der Waals surface area contributed by atoms with Crippen molar-refractivity contribution in [2.45, 2.75) is 11.3 Å². The summed E-state index contributed by atoms with van der Waals surface area (Å²) in [6.45, 7) is -0.211. The van der Waals surface area contributed by atoms with Crippen LogP contribution in [0.2, 0.25) is 10.0 Å². The zero-order valence-corrected chi connectivity index (χ0v) is 18.1. The zero-order chi connectivity index (χ0) is 20.6. The van der Waals surface area contributed by atoms with Crippen LogP contribution in [0.3, 0.4) is 0 Å². The van der Waals surface area contributed by atoms with Crippen molar-refractivity contribution in [1.82, 2.24) is 0 Å². The smallest absolute Gasteiger partial charge is 0.285 e. The van der Waals surface area contributed by atoms with Gasteiger partial charge >= 0.3 is 0 Å². The molecule has 2 saturated heterocycles. The van der Waals surface area contributed by atoms with Crippen molar-refractivity contribution in [2.75, 3.05) is 23.0 Å². The van der Waals surface area contributed by atoms with E-state index in [-0.39, 0.29) is 29.4 Å². The fraction of sp³-hybridized carbons (Fsp3) is 0.263. The number of hydrogen-bond donors (Lipinski definition) is 0. The van der Waals surface area contributed by atoms with Crippen molar-refractivity contribution in [3.05, 3.63) is 58.6 Å². The van der Waals surface area contributed by atoms with E-state index in [1.807, 2.05) is 18.2 Å². The largest absolute Gasteiger partial charge is 0.484 e. The van der Waals surface area contributed by atoms with Gasteiger partial charge in [0.15, 0.2) is 21.6 Å². The highest BCUT2D eigenvalue weighted by Gasteiger charge is 2.49. The van der Waals surface area contributed by atoms with Crippen molar-refractivity contribution >= 4 is 61.6 Å². The first-order chi connectivity index (χ1) is 13.8. The van der Waals surface area contributed by atoms with Crippen LogP contribution in [0.25, 0.3) is 0 Å². The van der Waals surface area contributed by atoms with Gasteiger partial charge in [-0.15, -0.1) is 0 Å². The van der Waals surface area contributed by atoms with E-state index in [2.05, 4.69) is 4.99 Å². The minimum absolute atomic E-state index is 0.00135. The molecule has 1 amide bonds. The van der Waals surface area contributed by atoms with Crippen molar-refractivity contribution in [3.63, 3.8) is 0 Å². The lowest BCUT2D eigenvalue weighted by Gasteiger charge is -2.24. The standard InChI is InChI=1S/C19H16Cl2N2O4S2/c20-14-7-6-12(8-15(14)21)23-16-10-29(25,26)11-17(16)28-19(23)22-18(24)9-27-13-4-2-1-3-5-13/h1-8,16-17H,9-11H2/t16-,17-/m1/s1. The molecule has 2 aromatic carbocycles. The summed E-state index contributed by atoms with van der Waals surface area (Å²) >= 11 is 13.5. The minimum atomic E-state index is -3.15. The Hall–Kier alpha value is -1.74. The highest BCUT2D eigenvalue weighted by Crippen LogP contribution is 2.42. The number of rotatable bonds is 4. The van der Waals surface area contributed by atoms with Crippen LogP contribution < -0.4 is 9.64 Å². The molecule has 0 N–H and O–H groups in total. The highest BCUT2D eigenvalue weighted by molar-refractivity contribution is 8.16. The van der Waals surface area contributed by atoms with Gasteiger partial charge in [0.05, 0.1) is 27.6 Å². The Kier molecular flexibility index (Phi) is 5.79. The van der Waals surface area contributed by atoms with E-state index in [9.17, 15) is 13.2 Å². The number of benzene rings is 2. The second-order valence-corrected chi connectivity index (χ2v) is 10.8. The van der Waals surface area contributed by atoms with Crippen LogP contribution in [0.15, 0.2) is 53.5 Å². The number of para-hydroxylation sites is 1. The molecule has 2 atom stereocenters. The first-order valence-corrected chi connectivity index (χ1v) is 12.2. The molecule has 2 heterocycles. The van der Waals surface area contributed by atoms with Gasteiger partial charge in [-0.2, -0.15) is 4.99 Å². The second kappa shape index (κ2) is 8.18. The van der Waals surface area contributed by atoms with E-state index < -0.39 is 15.7 Å². The molecular formula is C19H16Cl2N2O4S2. The summed E-state index contributed by atoms with van der Waals surface area (Å²) in [5, 5.41) is 0.978. The predicted molar refractivity (Wildman–Crippen MR) is 117 cm³/mol. The van der Waals surface area contributed by atoms with Crippen molar-refractivity contribution < 1.29 is 17.9 Å². The number of halogens is 2. The molecule has 0 spiro atoms. The van der Waals surface area contributed by atoms with Crippen LogP contribution in [0.5, 0.6) is 5.75 Å². The number of amidine groups is 1. The summed E-state index contributed by atoms with van der Waals surface area (Å²) in [7, 11) is -3.15. The number of sulfone groups is 1. The number of nitrogens with zero attached hydrogens (tertiary/aromatic N) is 2. The summed E-state index contributed by atoms with van der Waals surface area (Å²) in [6.07, 6.45) is 0. The Labute approximate surface area is 182 Å². The van der Waals surface area contributed by atoms with Crippen LogP contribution in [0, 0.1) is 0 Å². The van der Waals surface area contributed by atoms with E-state index in [0.29, 0.717) is 26.6 Å². The second-order valence-electron chi connectivity index (χ2n) is 6.66. The van der Waals surface area contributed by atoms with E-state index in [0.717, 1.165) is 0 Å². The molecule has 0 saturated carbocycles. The molecule has 2 aliphatic heterocycles. The van der Waals surface area contributed by atoms with Gasteiger partial charge in [0.25, 0.3) is 5.91 Å². The molecule has 10 heteroatoms. The summed E-state index contributed by atoms with van der Waals surface area (Å²) < 4.78 is 29.7. The number of anilines is 1. The minimum Gasteiger partial charge on any atom is -0.484 e. The molecule has 152 valence electrons. The first kappa shape index (κ1) is 20.5. The fourth-order valence-electron chi connectivity index (χ4n) is 3.30. The lowest BCUT2D eigenvalue weighted by atomic mass is 10.2. The van der Waals surface area contributed by atoms with E-state index >= 15 is 0 Å². The number of fused-ring (bicyclic) bond motifs is 1. The van der Waals surface area contributed by atoms with E-state index in [4.69, 9.17) is 27.9 Å². The van der Waals surface area contributed by atoms with Gasteiger partial charge in [0.1, 0.15) is 5.75 Å². The molecule has 0 aliphatic carbocycles. The number of carbonyl (C=O) groups is 1. The van der Waals surface area contributed by atoms with Crippen molar-refractivity contribution in [1.29, 1.82) is 0 Å². The maximum atomic E-state index is 12.4. The average molecular weight is 471 g/mol. The van der Waals surface area contributed by atoms with Crippen molar-refractivity contribution in [2.24, 2.45) is 4.99 Å². The first-order valence-electron chi connectivity index (χ1n) is 8.73. The molecule has 29 heavy (non-hydrogen) atoms. The zero-order valence-electron chi connectivity index (χ0n) is 15.0. The molecule has 2 fully saturated rings. The number of aliphatic imine (C=N–C) groups is 1. The number of ether oxygens (including phenoxy) is 1. The number of hydrogen-bond acceptors (Lipinski definition) is 5. The quantitative estimate of drug-likeness (QED) is 0.678. The number of amides is 1. The van der Waals surface area contributed by atoms with Gasteiger partial charge in [0.2, 0.25) is 0 Å². The van der Waals surface area contributed by atoms with Gasteiger partial charge in [-0.3, -0.25) is 4.79 Å². The van der Waals surface area contributed by atoms with E-state index in [1.165, 1.54) is 11.8 Å². The normalized spacial score (nSPS) is 23.9. The van der Waals surface area contributed by atoms with Crippen molar-refractivity contribution in [3.8, 4) is 5.75 Å². The maximum absolute atomic E-state index is 12.4. The van der Waals surface area contributed by atoms with Crippen LogP contribution in [0.1, 0.15) is 0 Å². The predicted octanol–water partition coefficient (Wildman–Crippen LogP) is 3.67. The lowest BCUT2D eigenvalue weighted by Crippen LogP contribution is -2.37. The summed E-state index contributed by atoms with van der Waals surface area (Å²) in [5.41, 5.74) is 0.645. The molecule has 4 rings (SSSR count). The third kappa shape index (κ3) is 4.55. The van der Waals surface area contributed by atoms with Gasteiger partial charge in [-0.25, -0.2) is 8.42 Å². The summed E-state index contributed by atoms with van der Waals surface area (Å²) in [5.74, 6) is 0.167. The average Bonchev–Trinajstić information content (AvgIpc) is 3.14. The van der Waals surface area contributed by atoms with Crippen LogP contribution in [0.4, 0.5) is 5.69 Å². The Morgan fingerprint density at radius 1 is 1.14 bits per heavy atom. The monoisotopic (exact) mass is 470 g/mol.